The van der Waals surface area contributed by atoms with Crippen LogP contribution in [0.1, 0.15) is 26.0 Å². The number of nitrogens with one attached hydrogen (secondary N) is 2. The van der Waals surface area contributed by atoms with Gasteiger partial charge < -0.3 is 5.32 Å². The van der Waals surface area contributed by atoms with E-state index in [0.29, 0.717) is 17.9 Å². The fourth-order valence-corrected chi connectivity index (χ4v) is 2.12. The van der Waals surface area contributed by atoms with Gasteiger partial charge in [0.05, 0.1) is 12.2 Å². The predicted molar refractivity (Wildman–Crippen MR) is 68.5 cm³/mol. The van der Waals surface area contributed by atoms with Gasteiger partial charge in [0, 0.05) is 18.6 Å². The van der Waals surface area contributed by atoms with Gasteiger partial charge in [0.25, 0.3) is 11.8 Å². The minimum absolute atomic E-state index is 0.250. The van der Waals surface area contributed by atoms with Crippen LogP contribution >= 0.6 is 11.3 Å². The molecule has 0 atom stereocenters. The number of aromatic nitrogens is 3. The van der Waals surface area contributed by atoms with E-state index in [2.05, 4.69) is 15.4 Å². The van der Waals surface area contributed by atoms with E-state index in [1.807, 2.05) is 5.43 Å². The molecule has 0 aliphatic heterocycles. The van der Waals surface area contributed by atoms with Crippen LogP contribution in [0.4, 0.5) is 0 Å². The number of nitrogen functional groups attached to an aromatic ring is 1. The van der Waals surface area contributed by atoms with E-state index in [1.165, 1.54) is 11.3 Å². The van der Waals surface area contributed by atoms with E-state index in [-0.39, 0.29) is 10.9 Å². The van der Waals surface area contributed by atoms with Crippen LogP contribution in [-0.4, -0.2) is 33.6 Å². The van der Waals surface area contributed by atoms with Crippen molar-refractivity contribution in [2.45, 2.75) is 6.54 Å². The monoisotopic (exact) mass is 280 g/mol. The van der Waals surface area contributed by atoms with Crippen LogP contribution in [-0.2, 0) is 6.54 Å². The maximum Gasteiger partial charge on any atom is 0.294 e. The van der Waals surface area contributed by atoms with Crippen molar-refractivity contribution in [1.82, 2.24) is 25.5 Å². The van der Waals surface area contributed by atoms with Gasteiger partial charge >= 0.3 is 0 Å². The summed E-state index contributed by atoms with van der Waals surface area (Å²) in [5.41, 5.74) is 3.03. The molecule has 0 bridgehead atoms. The molecule has 2 heterocycles. The van der Waals surface area contributed by atoms with Crippen molar-refractivity contribution < 1.29 is 9.59 Å². The Kier molecular flexibility index (Phi) is 3.88. The molecular weight excluding hydrogens is 268 g/mol. The third kappa shape index (κ3) is 2.95. The summed E-state index contributed by atoms with van der Waals surface area (Å²) in [5, 5.41) is 8.61. The number of thiazole rings is 1. The number of hydrogen-bond acceptors (Lipinski definition) is 6. The number of rotatable bonds is 4. The number of carbonyl (C=O) groups is 2. The summed E-state index contributed by atoms with van der Waals surface area (Å²) < 4.78 is 1.57. The summed E-state index contributed by atoms with van der Waals surface area (Å²) in [5.74, 6) is 4.35. The number of nitrogens with zero attached hydrogens (tertiary/aromatic N) is 3. The molecule has 0 aliphatic carbocycles. The van der Waals surface area contributed by atoms with Crippen molar-refractivity contribution in [2.24, 2.45) is 5.84 Å². The number of hydrogen-bond donors (Lipinski definition) is 3. The zero-order valence-electron chi connectivity index (χ0n) is 10.1. The lowest BCUT2D eigenvalue weighted by Gasteiger charge is -1.97. The molecule has 2 aromatic heterocycles. The molecule has 8 nitrogen and oxygen atoms in total. The first-order valence-electron chi connectivity index (χ1n) is 5.35. The zero-order valence-corrected chi connectivity index (χ0v) is 10.9. The molecule has 0 saturated carbocycles. The van der Waals surface area contributed by atoms with Crippen molar-refractivity contribution in [3.05, 3.63) is 34.0 Å². The highest BCUT2D eigenvalue weighted by Gasteiger charge is 2.11. The van der Waals surface area contributed by atoms with Gasteiger partial charge in [-0.3, -0.25) is 19.7 Å². The van der Waals surface area contributed by atoms with Gasteiger partial charge in [-0.25, -0.2) is 10.8 Å². The maximum absolute atomic E-state index is 11.3. The van der Waals surface area contributed by atoms with Gasteiger partial charge in [0.2, 0.25) is 0 Å². The summed E-state index contributed by atoms with van der Waals surface area (Å²) in [6.45, 7) is 0.380. The summed E-state index contributed by atoms with van der Waals surface area (Å²) in [4.78, 5) is 26.7. The molecule has 0 spiro atoms. The van der Waals surface area contributed by atoms with Crippen LogP contribution in [0.5, 0.6) is 0 Å². The molecule has 100 valence electrons. The van der Waals surface area contributed by atoms with Gasteiger partial charge in [-0.05, 0) is 6.07 Å². The molecule has 0 aliphatic rings. The quantitative estimate of drug-likeness (QED) is 0.391. The smallest absolute Gasteiger partial charge is 0.294 e. The lowest BCUT2D eigenvalue weighted by molar-refractivity contribution is 0.0947. The summed E-state index contributed by atoms with van der Waals surface area (Å²) in [7, 11) is 1.54. The van der Waals surface area contributed by atoms with E-state index < -0.39 is 5.91 Å². The van der Waals surface area contributed by atoms with Crippen LogP contribution in [0.15, 0.2) is 17.6 Å². The van der Waals surface area contributed by atoms with Crippen molar-refractivity contribution in [1.29, 1.82) is 0 Å². The Labute approximate surface area is 112 Å². The van der Waals surface area contributed by atoms with Crippen molar-refractivity contribution >= 4 is 23.2 Å². The fraction of sp³-hybridized carbons (Fsp3) is 0.200. The second-order valence-electron chi connectivity index (χ2n) is 3.60. The highest BCUT2D eigenvalue weighted by atomic mass is 32.1. The Hall–Kier alpha value is -2.26. The highest BCUT2D eigenvalue weighted by Crippen LogP contribution is 2.10. The Bertz CT molecular complexity index is 552. The molecule has 0 fully saturated rings. The van der Waals surface area contributed by atoms with Crippen molar-refractivity contribution in [3.8, 4) is 0 Å². The summed E-state index contributed by atoms with van der Waals surface area (Å²) in [6, 6.07) is 1.61. The topological polar surface area (TPSA) is 115 Å². The first kappa shape index (κ1) is 13.2. The predicted octanol–water partition coefficient (Wildman–Crippen LogP) is -0.649. The number of hydrazine groups is 1. The Morgan fingerprint density at radius 3 is 2.95 bits per heavy atom. The van der Waals surface area contributed by atoms with Gasteiger partial charge in [0.1, 0.15) is 5.69 Å². The fourth-order valence-electron chi connectivity index (χ4n) is 1.41. The maximum atomic E-state index is 11.3. The molecule has 0 saturated heterocycles. The Morgan fingerprint density at radius 2 is 2.26 bits per heavy atom. The third-order valence-corrected chi connectivity index (χ3v) is 3.19. The zero-order chi connectivity index (χ0) is 13.8. The summed E-state index contributed by atoms with van der Waals surface area (Å²) >= 11 is 1.20. The van der Waals surface area contributed by atoms with Gasteiger partial charge in [-0.2, -0.15) is 5.10 Å². The van der Waals surface area contributed by atoms with Gasteiger partial charge in [-0.1, -0.05) is 0 Å². The van der Waals surface area contributed by atoms with Crippen LogP contribution in [0, 0.1) is 0 Å². The van der Waals surface area contributed by atoms with Crippen LogP contribution in [0.2, 0.25) is 0 Å². The lowest BCUT2D eigenvalue weighted by atomic mass is 10.4. The van der Waals surface area contributed by atoms with E-state index in [9.17, 15) is 9.59 Å². The third-order valence-electron chi connectivity index (χ3n) is 2.30. The normalized spacial score (nSPS) is 10.2. The molecule has 4 N–H and O–H groups in total. The van der Waals surface area contributed by atoms with Crippen LogP contribution in [0.3, 0.4) is 0 Å². The van der Waals surface area contributed by atoms with Crippen LogP contribution < -0.4 is 16.6 Å². The number of carbonyl (C=O) groups excluding carboxylic acids is 2. The molecule has 9 heteroatoms. The Balaban J connectivity index is 2.09. The second-order valence-corrected chi connectivity index (χ2v) is 4.45. The molecule has 2 aromatic rings. The van der Waals surface area contributed by atoms with Crippen molar-refractivity contribution in [2.75, 3.05) is 7.05 Å². The number of nitrogens with two attached hydrogens (primary N) is 1. The standard InChI is InChI=1S/C10H12N6O2S/c1-12-8(17)7-2-3-16(15-7)4-6-5-19-10(13-6)9(18)14-11/h2-3,5H,4,11H2,1H3,(H,12,17)(H,14,18). The van der Waals surface area contributed by atoms with Gasteiger partial charge in [0.15, 0.2) is 5.01 Å². The minimum atomic E-state index is -0.428. The summed E-state index contributed by atoms with van der Waals surface area (Å²) in [6.07, 6.45) is 1.67. The van der Waals surface area contributed by atoms with E-state index in [0.717, 1.165) is 0 Å². The van der Waals surface area contributed by atoms with Crippen LogP contribution in [0.25, 0.3) is 0 Å². The minimum Gasteiger partial charge on any atom is -0.354 e. The second kappa shape index (κ2) is 5.59. The Morgan fingerprint density at radius 1 is 1.47 bits per heavy atom. The molecule has 0 aromatic carbocycles. The average Bonchev–Trinajstić information content (AvgIpc) is 3.07. The van der Waals surface area contributed by atoms with Gasteiger partial charge in [-0.15, -0.1) is 11.3 Å². The van der Waals surface area contributed by atoms with E-state index in [1.54, 1.807) is 29.4 Å². The molecule has 2 rings (SSSR count). The molecule has 2 amide bonds. The molecule has 0 radical (unpaired) electrons. The highest BCUT2D eigenvalue weighted by molar-refractivity contribution is 7.11. The molecule has 19 heavy (non-hydrogen) atoms. The first-order chi connectivity index (χ1) is 9.13. The van der Waals surface area contributed by atoms with E-state index in [4.69, 9.17) is 5.84 Å². The van der Waals surface area contributed by atoms with Crippen molar-refractivity contribution in [3.63, 3.8) is 0 Å². The molecular formula is C10H12N6O2S. The lowest BCUT2D eigenvalue weighted by Crippen LogP contribution is -2.29. The first-order valence-corrected chi connectivity index (χ1v) is 6.23. The average molecular weight is 280 g/mol. The molecule has 0 unspecified atom stereocenters. The van der Waals surface area contributed by atoms with E-state index >= 15 is 0 Å². The number of amides is 2. The largest absolute Gasteiger partial charge is 0.354 e. The SMILES string of the molecule is CNC(=O)c1ccn(Cc2csc(C(=O)NN)n2)n1.